The van der Waals surface area contributed by atoms with Crippen LogP contribution in [0.4, 0.5) is 0 Å². The molecule has 0 saturated carbocycles. The van der Waals surface area contributed by atoms with Crippen molar-refractivity contribution in [2.75, 3.05) is 27.7 Å². The van der Waals surface area contributed by atoms with Gasteiger partial charge in [0.25, 0.3) is 5.91 Å². The minimum absolute atomic E-state index is 0.0523. The molecule has 1 unspecified atom stereocenters. The highest BCUT2D eigenvalue weighted by molar-refractivity contribution is 6.33. The van der Waals surface area contributed by atoms with Crippen molar-refractivity contribution in [1.29, 1.82) is 0 Å². The van der Waals surface area contributed by atoms with Crippen molar-refractivity contribution >= 4 is 17.5 Å². The fourth-order valence-electron chi connectivity index (χ4n) is 3.46. The number of halogens is 1. The third-order valence-corrected chi connectivity index (χ3v) is 5.43. The van der Waals surface area contributed by atoms with Gasteiger partial charge in [-0.05, 0) is 32.6 Å². The zero-order valence-electron chi connectivity index (χ0n) is 17.7. The fourth-order valence-corrected chi connectivity index (χ4v) is 3.78. The number of amides is 1. The van der Waals surface area contributed by atoms with Crippen LogP contribution in [0.1, 0.15) is 33.2 Å². The SMILES string of the molecule is COc1ccccc1C(CNC(=O)c1c(C)nn(Cc2ccccc2)c1Cl)N(C)C. The van der Waals surface area contributed by atoms with Gasteiger partial charge in [-0.1, -0.05) is 60.1 Å². The van der Waals surface area contributed by atoms with Crippen LogP contribution < -0.4 is 10.1 Å². The number of nitrogens with zero attached hydrogens (tertiary/aromatic N) is 3. The maximum atomic E-state index is 13.0. The summed E-state index contributed by atoms with van der Waals surface area (Å²) >= 11 is 6.53. The van der Waals surface area contributed by atoms with Crippen LogP contribution in [-0.4, -0.2) is 48.3 Å². The maximum Gasteiger partial charge on any atom is 0.256 e. The molecular weight excluding hydrogens is 400 g/mol. The zero-order chi connectivity index (χ0) is 21.7. The lowest BCUT2D eigenvalue weighted by molar-refractivity contribution is 0.0941. The van der Waals surface area contributed by atoms with Crippen LogP contribution >= 0.6 is 11.6 Å². The molecule has 1 N–H and O–H groups in total. The molecule has 1 aromatic heterocycles. The van der Waals surface area contributed by atoms with Gasteiger partial charge in [0.05, 0.1) is 31.0 Å². The molecule has 0 aliphatic carbocycles. The Bertz CT molecular complexity index is 1000. The molecule has 2 aromatic carbocycles. The van der Waals surface area contributed by atoms with E-state index in [1.807, 2.05) is 73.6 Å². The van der Waals surface area contributed by atoms with E-state index in [1.54, 1.807) is 18.7 Å². The second-order valence-corrected chi connectivity index (χ2v) is 7.68. The van der Waals surface area contributed by atoms with Crippen molar-refractivity contribution < 1.29 is 9.53 Å². The van der Waals surface area contributed by atoms with E-state index in [4.69, 9.17) is 16.3 Å². The summed E-state index contributed by atoms with van der Waals surface area (Å²) in [6.07, 6.45) is 0. The van der Waals surface area contributed by atoms with Gasteiger partial charge in [-0.25, -0.2) is 4.68 Å². The Kier molecular flexibility index (Phi) is 7.13. The minimum atomic E-state index is -0.237. The Balaban J connectivity index is 1.77. The first kappa shape index (κ1) is 21.9. The van der Waals surface area contributed by atoms with Gasteiger partial charge in [-0.15, -0.1) is 0 Å². The molecule has 0 spiro atoms. The lowest BCUT2D eigenvalue weighted by atomic mass is 10.0. The summed E-state index contributed by atoms with van der Waals surface area (Å²) in [4.78, 5) is 15.0. The largest absolute Gasteiger partial charge is 0.496 e. The van der Waals surface area contributed by atoms with E-state index in [2.05, 4.69) is 10.4 Å². The van der Waals surface area contributed by atoms with Crippen LogP contribution in [-0.2, 0) is 6.54 Å². The minimum Gasteiger partial charge on any atom is -0.496 e. The number of nitrogens with one attached hydrogen (secondary N) is 1. The van der Waals surface area contributed by atoms with Crippen LogP contribution in [0.25, 0.3) is 0 Å². The molecule has 1 heterocycles. The van der Waals surface area contributed by atoms with Crippen molar-refractivity contribution in [2.24, 2.45) is 0 Å². The van der Waals surface area contributed by atoms with Gasteiger partial charge in [-0.2, -0.15) is 5.10 Å². The van der Waals surface area contributed by atoms with Crippen molar-refractivity contribution in [3.63, 3.8) is 0 Å². The number of benzene rings is 2. The number of para-hydroxylation sites is 1. The fraction of sp³-hybridized carbons (Fsp3) is 0.304. The second kappa shape index (κ2) is 9.78. The topological polar surface area (TPSA) is 59.4 Å². The number of carbonyl (C=O) groups is 1. The molecule has 0 aliphatic rings. The number of methoxy groups -OCH3 is 1. The smallest absolute Gasteiger partial charge is 0.256 e. The van der Waals surface area contributed by atoms with Gasteiger partial charge in [0.15, 0.2) is 0 Å². The second-order valence-electron chi connectivity index (χ2n) is 7.33. The molecular formula is C23H27ClN4O2. The van der Waals surface area contributed by atoms with Crippen molar-refractivity contribution in [1.82, 2.24) is 20.0 Å². The first-order valence-corrected chi connectivity index (χ1v) is 10.1. The van der Waals surface area contributed by atoms with Gasteiger partial charge < -0.3 is 15.0 Å². The Labute approximate surface area is 182 Å². The highest BCUT2D eigenvalue weighted by Crippen LogP contribution is 2.28. The highest BCUT2D eigenvalue weighted by Gasteiger charge is 2.23. The molecule has 0 radical (unpaired) electrons. The average molecular weight is 427 g/mol. The quantitative estimate of drug-likeness (QED) is 0.592. The number of rotatable bonds is 8. The normalized spacial score (nSPS) is 12.1. The van der Waals surface area contributed by atoms with Gasteiger partial charge in [0, 0.05) is 12.1 Å². The number of likely N-dealkylation sites (N-methyl/N-ethyl adjacent to an activating group) is 1. The van der Waals surface area contributed by atoms with Crippen molar-refractivity contribution in [2.45, 2.75) is 19.5 Å². The van der Waals surface area contributed by atoms with Crippen molar-refractivity contribution in [3.8, 4) is 5.75 Å². The molecule has 0 bridgehead atoms. The molecule has 7 heteroatoms. The van der Waals surface area contributed by atoms with E-state index < -0.39 is 0 Å². The summed E-state index contributed by atoms with van der Waals surface area (Å²) in [7, 11) is 5.59. The Morgan fingerprint density at radius 2 is 1.83 bits per heavy atom. The summed E-state index contributed by atoms with van der Waals surface area (Å²) in [5, 5.41) is 7.82. The van der Waals surface area contributed by atoms with Gasteiger partial charge in [0.2, 0.25) is 0 Å². The molecule has 1 amide bonds. The van der Waals surface area contributed by atoms with Gasteiger partial charge in [0.1, 0.15) is 10.9 Å². The molecule has 6 nitrogen and oxygen atoms in total. The molecule has 30 heavy (non-hydrogen) atoms. The third kappa shape index (κ3) is 4.83. The molecule has 3 aromatic rings. The zero-order valence-corrected chi connectivity index (χ0v) is 18.5. The number of ether oxygens (including phenoxy) is 1. The van der Waals surface area contributed by atoms with E-state index in [1.165, 1.54) is 0 Å². The Morgan fingerprint density at radius 1 is 1.17 bits per heavy atom. The number of carbonyl (C=O) groups excluding carboxylic acids is 1. The van der Waals surface area contributed by atoms with Crippen LogP contribution in [0, 0.1) is 6.92 Å². The van der Waals surface area contributed by atoms with Gasteiger partial charge >= 0.3 is 0 Å². The first-order chi connectivity index (χ1) is 14.4. The standard InChI is InChI=1S/C23H27ClN4O2/c1-16-21(22(24)28(26-16)15-17-10-6-5-7-11-17)23(29)25-14-19(27(2)3)18-12-8-9-13-20(18)30-4/h5-13,19H,14-15H2,1-4H3,(H,25,29). The number of hydrogen-bond acceptors (Lipinski definition) is 4. The van der Waals surface area contributed by atoms with Crippen LogP contribution in [0.2, 0.25) is 5.15 Å². The third-order valence-electron chi connectivity index (χ3n) is 5.04. The number of hydrogen-bond donors (Lipinski definition) is 1. The van der Waals surface area contributed by atoms with Crippen LogP contribution in [0.3, 0.4) is 0 Å². The van der Waals surface area contributed by atoms with E-state index in [0.29, 0.717) is 29.5 Å². The lowest BCUT2D eigenvalue weighted by Gasteiger charge is -2.26. The molecule has 158 valence electrons. The van der Waals surface area contributed by atoms with E-state index in [0.717, 1.165) is 16.9 Å². The summed E-state index contributed by atoms with van der Waals surface area (Å²) in [5.41, 5.74) is 3.09. The average Bonchev–Trinajstić information content (AvgIpc) is 3.01. The summed E-state index contributed by atoms with van der Waals surface area (Å²) < 4.78 is 7.15. The Hall–Kier alpha value is -2.83. The van der Waals surface area contributed by atoms with E-state index in [-0.39, 0.29) is 11.9 Å². The molecule has 3 rings (SSSR count). The lowest BCUT2D eigenvalue weighted by Crippen LogP contribution is -2.35. The molecule has 0 fully saturated rings. The van der Waals surface area contributed by atoms with E-state index in [9.17, 15) is 4.79 Å². The number of aryl methyl sites for hydroxylation is 1. The Morgan fingerprint density at radius 3 is 2.50 bits per heavy atom. The highest BCUT2D eigenvalue weighted by atomic mass is 35.5. The maximum absolute atomic E-state index is 13.0. The number of aromatic nitrogens is 2. The van der Waals surface area contributed by atoms with Crippen LogP contribution in [0.5, 0.6) is 5.75 Å². The predicted molar refractivity (Wildman–Crippen MR) is 119 cm³/mol. The predicted octanol–water partition coefficient (Wildman–Crippen LogP) is 3.93. The molecule has 0 saturated heterocycles. The summed E-state index contributed by atoms with van der Waals surface area (Å²) in [6, 6.07) is 17.7. The monoisotopic (exact) mass is 426 g/mol. The van der Waals surface area contributed by atoms with Gasteiger partial charge in [-0.3, -0.25) is 4.79 Å². The van der Waals surface area contributed by atoms with E-state index >= 15 is 0 Å². The van der Waals surface area contributed by atoms with Crippen LogP contribution in [0.15, 0.2) is 54.6 Å². The summed E-state index contributed by atoms with van der Waals surface area (Å²) in [6.45, 7) is 2.72. The molecule has 0 aliphatic heterocycles. The summed E-state index contributed by atoms with van der Waals surface area (Å²) in [5.74, 6) is 0.550. The molecule has 1 atom stereocenters. The first-order valence-electron chi connectivity index (χ1n) is 9.76. The van der Waals surface area contributed by atoms with Crippen molar-refractivity contribution in [3.05, 3.63) is 82.1 Å².